The molecule has 5 nitrogen and oxygen atoms in total. The van der Waals surface area contributed by atoms with Crippen molar-refractivity contribution in [3.05, 3.63) is 51.9 Å². The molecule has 1 saturated heterocycles. The first-order valence-electron chi connectivity index (χ1n) is 12.9. The number of fused-ring (bicyclic) bond motifs is 2. The van der Waals surface area contributed by atoms with Crippen LogP contribution in [-0.4, -0.2) is 36.1 Å². The van der Waals surface area contributed by atoms with Crippen molar-refractivity contribution in [2.24, 2.45) is 35.3 Å². The highest BCUT2D eigenvalue weighted by Gasteiger charge is 2.68. The molecule has 0 radical (unpaired) electrons. The Labute approximate surface area is 209 Å². The molecule has 1 atom stereocenters. The molecule has 0 unspecified atom stereocenters. The summed E-state index contributed by atoms with van der Waals surface area (Å²) >= 11 is 1.82. The topological polar surface area (TPSA) is 80.5 Å². The minimum Gasteiger partial charge on any atom is -0.329 e. The van der Waals surface area contributed by atoms with Crippen molar-refractivity contribution in [1.82, 2.24) is 4.90 Å². The molecule has 8 rings (SSSR count). The van der Waals surface area contributed by atoms with E-state index in [1.165, 1.54) is 47.4 Å². The molecule has 1 aliphatic heterocycles. The second kappa shape index (κ2) is 7.47. The molecule has 5 aliphatic carbocycles. The molecule has 180 valence electrons. The maximum atomic E-state index is 14.0. The summed E-state index contributed by atoms with van der Waals surface area (Å²) in [7, 11) is 0. The molecule has 1 aromatic heterocycles. The van der Waals surface area contributed by atoms with E-state index >= 15 is 0 Å². The van der Waals surface area contributed by atoms with Crippen LogP contribution in [0.3, 0.4) is 0 Å². The number of nitrogens with two attached hydrogens (primary N) is 1. The molecule has 2 aromatic rings. The van der Waals surface area contributed by atoms with Gasteiger partial charge in [0.2, 0.25) is 5.91 Å². The van der Waals surface area contributed by atoms with Crippen molar-refractivity contribution in [2.45, 2.75) is 44.4 Å². The Morgan fingerprint density at radius 2 is 1.71 bits per heavy atom. The van der Waals surface area contributed by atoms with E-state index in [9.17, 15) is 14.4 Å². The SMILES string of the molecule is CC1=C2C(=O)N(CCN)C(=O)[C@@H]2C2(c3sc(-c4ccc(C=O)cc4)cc31)C1CC3CC(C1)CC2C3. The normalized spacial score (nSPS) is 34.7. The highest BCUT2D eigenvalue weighted by atomic mass is 32.1. The van der Waals surface area contributed by atoms with Crippen molar-refractivity contribution in [1.29, 1.82) is 0 Å². The molecule has 2 N–H and O–H groups in total. The quantitative estimate of drug-likeness (QED) is 0.504. The molecule has 5 fully saturated rings. The van der Waals surface area contributed by atoms with Crippen molar-refractivity contribution in [3.63, 3.8) is 0 Å². The van der Waals surface area contributed by atoms with Crippen LogP contribution in [0.4, 0.5) is 0 Å². The highest BCUT2D eigenvalue weighted by molar-refractivity contribution is 7.16. The Balaban J connectivity index is 1.46. The third-order valence-corrected chi connectivity index (χ3v) is 11.2. The van der Waals surface area contributed by atoms with Gasteiger partial charge in [0.15, 0.2) is 0 Å². The van der Waals surface area contributed by atoms with Gasteiger partial charge in [0.1, 0.15) is 6.29 Å². The average molecular weight is 487 g/mol. The number of hydrogen-bond donors (Lipinski definition) is 1. The summed E-state index contributed by atoms with van der Waals surface area (Å²) in [5, 5.41) is 0. The first kappa shape index (κ1) is 21.7. The Bertz CT molecular complexity index is 1280. The van der Waals surface area contributed by atoms with Crippen LogP contribution in [0.5, 0.6) is 0 Å². The summed E-state index contributed by atoms with van der Waals surface area (Å²) in [5.41, 5.74) is 10.2. The molecule has 1 spiro atoms. The van der Waals surface area contributed by atoms with Gasteiger partial charge in [-0.1, -0.05) is 24.3 Å². The second-order valence-electron chi connectivity index (χ2n) is 11.4. The zero-order chi connectivity index (χ0) is 24.1. The van der Waals surface area contributed by atoms with E-state index in [4.69, 9.17) is 5.73 Å². The lowest BCUT2D eigenvalue weighted by molar-refractivity contribution is -0.144. The van der Waals surface area contributed by atoms with Gasteiger partial charge >= 0.3 is 0 Å². The maximum Gasteiger partial charge on any atom is 0.257 e. The molecule has 2 amide bonds. The van der Waals surface area contributed by atoms with E-state index in [1.807, 2.05) is 42.5 Å². The van der Waals surface area contributed by atoms with Crippen molar-refractivity contribution in [3.8, 4) is 10.4 Å². The number of rotatable bonds is 4. The number of thiophene rings is 1. The zero-order valence-electron chi connectivity index (χ0n) is 20.0. The molecular formula is C29H30N2O3S. The number of nitrogens with zero attached hydrogens (tertiary/aromatic N) is 1. The van der Waals surface area contributed by atoms with E-state index in [1.54, 1.807) is 0 Å². The Morgan fingerprint density at radius 1 is 1.06 bits per heavy atom. The lowest BCUT2D eigenvalue weighted by Gasteiger charge is -2.63. The second-order valence-corrected chi connectivity index (χ2v) is 12.4. The van der Waals surface area contributed by atoms with Gasteiger partial charge in [-0.25, -0.2) is 0 Å². The number of carbonyl (C=O) groups is 3. The van der Waals surface area contributed by atoms with Crippen LogP contribution in [0, 0.1) is 29.6 Å². The van der Waals surface area contributed by atoms with Crippen LogP contribution in [-0.2, 0) is 15.0 Å². The Morgan fingerprint density at radius 3 is 2.31 bits per heavy atom. The number of carbonyl (C=O) groups excluding carboxylic acids is 3. The molecular weight excluding hydrogens is 456 g/mol. The Kier molecular flexibility index (Phi) is 4.63. The van der Waals surface area contributed by atoms with E-state index in [2.05, 4.69) is 6.07 Å². The van der Waals surface area contributed by atoms with Gasteiger partial charge in [-0.05, 0) is 85.5 Å². The average Bonchev–Trinajstić information content (AvgIpc) is 3.41. The predicted octanol–water partition coefficient (Wildman–Crippen LogP) is 4.65. The van der Waals surface area contributed by atoms with Crippen LogP contribution >= 0.6 is 11.3 Å². The fourth-order valence-corrected chi connectivity index (χ4v) is 10.4. The standard InChI is InChI=1S/C29H30N2O3S/c1-15-22-13-23(19-4-2-16(14-32)3-5-19)35-26(22)29(20-9-17-8-18(11-20)12-21(29)10-17)25-24(15)27(33)31(7-6-30)28(25)34/h2-5,13-14,17-18,20-21,25H,6-12,30H2,1H3/t17?,18?,20?,21?,25-,29?/m1/s1. The molecule has 4 bridgehead atoms. The third-order valence-electron chi connectivity index (χ3n) is 9.86. The number of hydrogen-bond acceptors (Lipinski definition) is 5. The smallest absolute Gasteiger partial charge is 0.257 e. The number of benzene rings is 1. The minimum atomic E-state index is -0.368. The first-order valence-corrected chi connectivity index (χ1v) is 13.8. The number of aldehydes is 1. The number of amides is 2. The molecule has 6 aliphatic rings. The van der Waals surface area contributed by atoms with Gasteiger partial charge in [-0.3, -0.25) is 19.3 Å². The van der Waals surface area contributed by atoms with Gasteiger partial charge in [-0.15, -0.1) is 11.3 Å². The van der Waals surface area contributed by atoms with Gasteiger partial charge in [-0.2, -0.15) is 0 Å². The van der Waals surface area contributed by atoms with E-state index < -0.39 is 0 Å². The number of allylic oxidation sites excluding steroid dienone is 1. The molecule has 6 heteroatoms. The number of likely N-dealkylation sites (tertiary alicyclic amines) is 1. The Hall–Kier alpha value is -2.57. The lowest BCUT2D eigenvalue weighted by atomic mass is 9.40. The largest absolute Gasteiger partial charge is 0.329 e. The van der Waals surface area contributed by atoms with E-state index in [-0.39, 0.29) is 23.1 Å². The first-order chi connectivity index (χ1) is 17.0. The third kappa shape index (κ3) is 2.70. The summed E-state index contributed by atoms with van der Waals surface area (Å²) in [5.74, 6) is 1.93. The fourth-order valence-electron chi connectivity index (χ4n) is 8.75. The summed E-state index contributed by atoms with van der Waals surface area (Å²) in [6, 6.07) is 9.97. The zero-order valence-corrected chi connectivity index (χ0v) is 20.8. The van der Waals surface area contributed by atoms with Crippen molar-refractivity contribution < 1.29 is 14.4 Å². The molecule has 2 heterocycles. The van der Waals surface area contributed by atoms with Crippen molar-refractivity contribution in [2.75, 3.05) is 13.1 Å². The summed E-state index contributed by atoms with van der Waals surface area (Å²) in [6.45, 7) is 2.63. The van der Waals surface area contributed by atoms with Crippen LogP contribution in [0.25, 0.3) is 16.0 Å². The fraction of sp³-hybridized carbons (Fsp3) is 0.483. The maximum absolute atomic E-state index is 14.0. The van der Waals surface area contributed by atoms with Gasteiger partial charge in [0, 0.05) is 39.4 Å². The van der Waals surface area contributed by atoms with Gasteiger partial charge in [0.05, 0.1) is 5.92 Å². The predicted molar refractivity (Wildman–Crippen MR) is 136 cm³/mol. The monoisotopic (exact) mass is 486 g/mol. The van der Waals surface area contributed by atoms with Gasteiger partial charge < -0.3 is 5.73 Å². The molecule has 1 aromatic carbocycles. The molecule has 4 saturated carbocycles. The highest BCUT2D eigenvalue weighted by Crippen LogP contribution is 2.70. The van der Waals surface area contributed by atoms with Crippen molar-refractivity contribution >= 4 is 35.0 Å². The summed E-state index contributed by atoms with van der Waals surface area (Å²) < 4.78 is 0. The molecule has 35 heavy (non-hydrogen) atoms. The van der Waals surface area contributed by atoms with Crippen LogP contribution in [0.2, 0.25) is 0 Å². The van der Waals surface area contributed by atoms with E-state index in [0.29, 0.717) is 30.5 Å². The lowest BCUT2D eigenvalue weighted by Crippen LogP contribution is -2.61. The van der Waals surface area contributed by atoms with Crippen LogP contribution < -0.4 is 5.73 Å². The summed E-state index contributed by atoms with van der Waals surface area (Å²) in [4.78, 5) is 42.8. The van der Waals surface area contributed by atoms with E-state index in [0.717, 1.165) is 39.7 Å². The van der Waals surface area contributed by atoms with Gasteiger partial charge in [0.25, 0.3) is 5.91 Å². The minimum absolute atomic E-state index is 0.0155. The van der Waals surface area contributed by atoms with Crippen LogP contribution in [0.15, 0.2) is 35.9 Å². The number of imide groups is 1. The summed E-state index contributed by atoms with van der Waals surface area (Å²) in [6.07, 6.45) is 6.91. The van der Waals surface area contributed by atoms with Crippen LogP contribution in [0.1, 0.15) is 59.8 Å².